The number of carbonyl (C=O) groups excluding carboxylic acids is 1. The highest BCUT2D eigenvalue weighted by atomic mass is 32.2. The molecular weight excluding hydrogens is 307 g/mol. The van der Waals surface area contributed by atoms with E-state index >= 15 is 0 Å². The minimum atomic E-state index is -0.678. The second-order valence-corrected chi connectivity index (χ2v) is 5.99. The number of halogens is 1. The van der Waals surface area contributed by atoms with Gasteiger partial charge in [0, 0.05) is 12.2 Å². The molecule has 1 aromatic heterocycles. The third-order valence-corrected chi connectivity index (χ3v) is 4.29. The van der Waals surface area contributed by atoms with E-state index < -0.39 is 11.8 Å². The van der Waals surface area contributed by atoms with Gasteiger partial charge in [0.1, 0.15) is 5.82 Å². The van der Waals surface area contributed by atoms with Crippen molar-refractivity contribution in [2.24, 2.45) is 0 Å². The summed E-state index contributed by atoms with van der Waals surface area (Å²) in [5.41, 5.74) is 0.714. The van der Waals surface area contributed by atoms with Crippen molar-refractivity contribution in [2.75, 3.05) is 7.11 Å². The van der Waals surface area contributed by atoms with Crippen LogP contribution in [0, 0.1) is 5.82 Å². The number of rotatable bonds is 6. The van der Waals surface area contributed by atoms with Crippen LogP contribution in [0.25, 0.3) is 0 Å². The maximum atomic E-state index is 13.8. The standard InChI is InChI=1S/C15H17FN2O3S/c1-4-13-17-14(21-18-13)9(2)22-8-10-5-6-11(12(16)7-10)15(19)20-3/h5-7,9H,4,8H2,1-3H3/t9-/m0/s1. The van der Waals surface area contributed by atoms with Crippen molar-refractivity contribution in [3.8, 4) is 0 Å². The van der Waals surface area contributed by atoms with Gasteiger partial charge in [-0.25, -0.2) is 9.18 Å². The van der Waals surface area contributed by atoms with Gasteiger partial charge in [-0.05, 0) is 24.6 Å². The molecule has 0 radical (unpaired) electrons. The van der Waals surface area contributed by atoms with Crippen LogP contribution in [0.15, 0.2) is 22.7 Å². The highest BCUT2D eigenvalue weighted by Crippen LogP contribution is 2.30. The Morgan fingerprint density at radius 3 is 2.86 bits per heavy atom. The quantitative estimate of drug-likeness (QED) is 0.757. The number of nitrogens with zero attached hydrogens (tertiary/aromatic N) is 2. The second kappa shape index (κ2) is 7.40. The van der Waals surface area contributed by atoms with Crippen LogP contribution in [0.3, 0.4) is 0 Å². The van der Waals surface area contributed by atoms with Gasteiger partial charge in [0.25, 0.3) is 0 Å². The first kappa shape index (κ1) is 16.5. The zero-order valence-corrected chi connectivity index (χ0v) is 13.4. The molecule has 2 aromatic rings. The van der Waals surface area contributed by atoms with Gasteiger partial charge in [-0.3, -0.25) is 0 Å². The van der Waals surface area contributed by atoms with Crippen LogP contribution in [0.1, 0.15) is 46.7 Å². The number of ether oxygens (including phenoxy) is 1. The fourth-order valence-electron chi connectivity index (χ4n) is 1.79. The molecular formula is C15H17FN2O3S. The van der Waals surface area contributed by atoms with Crippen molar-refractivity contribution in [3.05, 3.63) is 46.9 Å². The number of hydrogen-bond acceptors (Lipinski definition) is 6. The largest absolute Gasteiger partial charge is 0.465 e. The van der Waals surface area contributed by atoms with E-state index in [0.717, 1.165) is 12.0 Å². The van der Waals surface area contributed by atoms with Gasteiger partial charge in [-0.1, -0.05) is 18.1 Å². The Morgan fingerprint density at radius 1 is 1.50 bits per heavy atom. The molecule has 1 aromatic carbocycles. The third-order valence-electron chi connectivity index (χ3n) is 3.09. The van der Waals surface area contributed by atoms with Crippen LogP contribution in [0.4, 0.5) is 4.39 Å². The zero-order chi connectivity index (χ0) is 16.1. The summed E-state index contributed by atoms with van der Waals surface area (Å²) in [6.07, 6.45) is 0.723. The van der Waals surface area contributed by atoms with Gasteiger partial charge in [-0.15, -0.1) is 11.8 Å². The average Bonchev–Trinajstić information content (AvgIpc) is 3.01. The molecule has 0 aliphatic rings. The molecule has 1 heterocycles. The molecule has 0 saturated carbocycles. The van der Waals surface area contributed by atoms with E-state index in [1.807, 2.05) is 13.8 Å². The summed E-state index contributed by atoms with van der Waals surface area (Å²) in [6.45, 7) is 3.91. The van der Waals surface area contributed by atoms with Crippen LogP contribution in [-0.4, -0.2) is 23.2 Å². The van der Waals surface area contributed by atoms with Crippen LogP contribution >= 0.6 is 11.8 Å². The Hall–Kier alpha value is -1.89. The van der Waals surface area contributed by atoms with Crippen molar-refractivity contribution in [1.82, 2.24) is 10.1 Å². The number of carbonyl (C=O) groups is 1. The van der Waals surface area contributed by atoms with Crippen LogP contribution in [0.2, 0.25) is 0 Å². The minimum Gasteiger partial charge on any atom is -0.465 e. The second-order valence-electron chi connectivity index (χ2n) is 4.66. The summed E-state index contributed by atoms with van der Waals surface area (Å²) in [5, 5.41) is 3.86. The van der Waals surface area contributed by atoms with Gasteiger partial charge in [0.2, 0.25) is 5.89 Å². The molecule has 1 atom stereocenters. The van der Waals surface area contributed by atoms with Crippen molar-refractivity contribution >= 4 is 17.7 Å². The molecule has 22 heavy (non-hydrogen) atoms. The molecule has 0 spiro atoms. The number of thioether (sulfide) groups is 1. The predicted octanol–water partition coefficient (Wildman–Crippen LogP) is 3.55. The van der Waals surface area contributed by atoms with Crippen molar-refractivity contribution in [2.45, 2.75) is 31.3 Å². The van der Waals surface area contributed by atoms with E-state index in [0.29, 0.717) is 17.5 Å². The lowest BCUT2D eigenvalue weighted by Gasteiger charge is -2.08. The summed E-state index contributed by atoms with van der Waals surface area (Å²) in [7, 11) is 1.22. The Kier molecular flexibility index (Phi) is 5.54. The Labute approximate surface area is 132 Å². The Balaban J connectivity index is 1.99. The van der Waals surface area contributed by atoms with Gasteiger partial charge < -0.3 is 9.26 Å². The lowest BCUT2D eigenvalue weighted by atomic mass is 10.1. The van der Waals surface area contributed by atoms with E-state index in [1.54, 1.807) is 17.8 Å². The van der Waals surface area contributed by atoms with Crippen molar-refractivity contribution in [1.29, 1.82) is 0 Å². The van der Waals surface area contributed by atoms with Crippen molar-refractivity contribution in [3.63, 3.8) is 0 Å². The normalized spacial score (nSPS) is 12.2. The fraction of sp³-hybridized carbons (Fsp3) is 0.400. The monoisotopic (exact) mass is 324 g/mol. The van der Waals surface area contributed by atoms with Crippen molar-refractivity contribution < 1.29 is 18.4 Å². The number of benzene rings is 1. The number of esters is 1. The van der Waals surface area contributed by atoms with Gasteiger partial charge >= 0.3 is 5.97 Å². The maximum Gasteiger partial charge on any atom is 0.340 e. The fourth-order valence-corrected chi connectivity index (χ4v) is 2.65. The van der Waals surface area contributed by atoms with E-state index in [4.69, 9.17) is 4.52 Å². The predicted molar refractivity (Wildman–Crippen MR) is 81.1 cm³/mol. The smallest absolute Gasteiger partial charge is 0.340 e. The molecule has 118 valence electrons. The SMILES string of the molecule is CCc1noc([C@H](C)SCc2ccc(C(=O)OC)c(F)c2)n1. The van der Waals surface area contributed by atoms with Crippen LogP contribution in [0.5, 0.6) is 0 Å². The summed E-state index contributed by atoms with van der Waals surface area (Å²) >= 11 is 1.56. The summed E-state index contributed by atoms with van der Waals surface area (Å²) in [6, 6.07) is 4.49. The van der Waals surface area contributed by atoms with E-state index in [-0.39, 0.29) is 10.8 Å². The molecule has 0 fully saturated rings. The minimum absolute atomic E-state index is 0.0103. The van der Waals surface area contributed by atoms with E-state index in [9.17, 15) is 9.18 Å². The molecule has 0 amide bonds. The first-order chi connectivity index (χ1) is 10.5. The molecule has 5 nitrogen and oxygen atoms in total. The summed E-state index contributed by atoms with van der Waals surface area (Å²) in [4.78, 5) is 15.6. The average molecular weight is 324 g/mol. The Bertz CT molecular complexity index is 660. The number of aryl methyl sites for hydroxylation is 1. The van der Waals surface area contributed by atoms with Gasteiger partial charge in [0.05, 0.1) is 17.9 Å². The molecule has 7 heteroatoms. The van der Waals surface area contributed by atoms with E-state index in [2.05, 4.69) is 14.9 Å². The lowest BCUT2D eigenvalue weighted by molar-refractivity contribution is 0.0595. The third kappa shape index (κ3) is 3.85. The molecule has 0 aliphatic carbocycles. The number of hydrogen-bond donors (Lipinski definition) is 0. The molecule has 0 bridgehead atoms. The van der Waals surface area contributed by atoms with Crippen LogP contribution < -0.4 is 0 Å². The Morgan fingerprint density at radius 2 is 2.27 bits per heavy atom. The first-order valence-electron chi connectivity index (χ1n) is 6.86. The topological polar surface area (TPSA) is 65.2 Å². The molecule has 2 rings (SSSR count). The lowest BCUT2D eigenvalue weighted by Crippen LogP contribution is -2.04. The summed E-state index contributed by atoms with van der Waals surface area (Å²) in [5.74, 6) is 0.555. The number of methoxy groups -OCH3 is 1. The van der Waals surface area contributed by atoms with Gasteiger partial charge in [0.15, 0.2) is 5.82 Å². The van der Waals surface area contributed by atoms with E-state index in [1.165, 1.54) is 19.2 Å². The highest BCUT2D eigenvalue weighted by molar-refractivity contribution is 7.98. The molecule has 0 unspecified atom stereocenters. The molecule has 0 aliphatic heterocycles. The zero-order valence-electron chi connectivity index (χ0n) is 12.6. The molecule has 0 saturated heterocycles. The molecule has 0 N–H and O–H groups in total. The first-order valence-corrected chi connectivity index (χ1v) is 7.90. The van der Waals surface area contributed by atoms with Gasteiger partial charge in [-0.2, -0.15) is 4.98 Å². The maximum absolute atomic E-state index is 13.8. The summed E-state index contributed by atoms with van der Waals surface area (Å²) < 4.78 is 23.5. The highest BCUT2D eigenvalue weighted by Gasteiger charge is 2.16. The number of aromatic nitrogens is 2. The van der Waals surface area contributed by atoms with Crippen LogP contribution in [-0.2, 0) is 16.9 Å².